The molecule has 1 heterocycles. The smallest absolute Gasteiger partial charge is 0.169 e. The standard InChI is InChI=1S/C21H19N3O/c1-23-19(17-10-6-3-7-11-17)14-18-12-13-24-21(22)20(18)25-15-16-8-4-2-5-9-16/h2-14H,1,15H2,(H2,22,24). The molecule has 0 aliphatic carbocycles. The molecular weight excluding hydrogens is 310 g/mol. The van der Waals surface area contributed by atoms with Crippen molar-refractivity contribution in [2.45, 2.75) is 6.61 Å². The van der Waals surface area contributed by atoms with Gasteiger partial charge in [0, 0.05) is 17.3 Å². The normalized spacial score (nSPS) is 11.1. The molecule has 0 fully saturated rings. The number of benzene rings is 2. The molecule has 25 heavy (non-hydrogen) atoms. The van der Waals surface area contributed by atoms with Gasteiger partial charge >= 0.3 is 0 Å². The summed E-state index contributed by atoms with van der Waals surface area (Å²) in [6.07, 6.45) is 3.56. The second-order valence-corrected chi connectivity index (χ2v) is 5.44. The molecule has 3 rings (SSSR count). The van der Waals surface area contributed by atoms with Crippen LogP contribution in [0.15, 0.2) is 77.9 Å². The number of aromatic nitrogens is 1. The summed E-state index contributed by atoms with van der Waals surface area (Å²) in [7, 11) is 0. The van der Waals surface area contributed by atoms with Crippen LogP contribution in [0.3, 0.4) is 0 Å². The van der Waals surface area contributed by atoms with E-state index in [0.717, 1.165) is 22.4 Å². The first-order valence-corrected chi connectivity index (χ1v) is 7.93. The molecule has 0 spiro atoms. The molecule has 0 aliphatic rings. The summed E-state index contributed by atoms with van der Waals surface area (Å²) in [4.78, 5) is 8.27. The maximum absolute atomic E-state index is 6.03. The molecule has 2 aromatic carbocycles. The maximum atomic E-state index is 6.03. The molecule has 0 aliphatic heterocycles. The van der Waals surface area contributed by atoms with Gasteiger partial charge in [-0.3, -0.25) is 4.99 Å². The molecule has 2 N–H and O–H groups in total. The third kappa shape index (κ3) is 4.12. The fraction of sp³-hybridized carbons (Fsp3) is 0.0476. The lowest BCUT2D eigenvalue weighted by molar-refractivity contribution is 0.306. The minimum atomic E-state index is 0.348. The van der Waals surface area contributed by atoms with Crippen LogP contribution in [0.2, 0.25) is 0 Å². The molecule has 4 heteroatoms. The van der Waals surface area contributed by atoms with Crippen LogP contribution in [0.4, 0.5) is 5.82 Å². The van der Waals surface area contributed by atoms with Crippen LogP contribution in [-0.4, -0.2) is 11.7 Å². The maximum Gasteiger partial charge on any atom is 0.169 e. The van der Waals surface area contributed by atoms with E-state index in [1.807, 2.05) is 72.8 Å². The second-order valence-electron chi connectivity index (χ2n) is 5.44. The van der Waals surface area contributed by atoms with Gasteiger partial charge in [-0.1, -0.05) is 60.7 Å². The molecule has 0 saturated heterocycles. The second kappa shape index (κ2) is 7.93. The first-order chi connectivity index (χ1) is 12.3. The lowest BCUT2D eigenvalue weighted by Crippen LogP contribution is -2.02. The van der Waals surface area contributed by atoms with Crippen molar-refractivity contribution in [3.05, 3.63) is 89.6 Å². The van der Waals surface area contributed by atoms with Crippen molar-refractivity contribution in [1.29, 1.82) is 0 Å². The van der Waals surface area contributed by atoms with Crippen LogP contribution in [0.25, 0.3) is 11.8 Å². The Morgan fingerprint density at radius 3 is 2.40 bits per heavy atom. The first-order valence-electron chi connectivity index (χ1n) is 7.93. The Balaban J connectivity index is 1.92. The fourth-order valence-electron chi connectivity index (χ4n) is 2.46. The monoisotopic (exact) mass is 329 g/mol. The number of rotatable bonds is 6. The van der Waals surface area contributed by atoms with Crippen LogP contribution in [0.1, 0.15) is 16.7 Å². The number of nitrogens with zero attached hydrogens (tertiary/aromatic N) is 2. The minimum absolute atomic E-state index is 0.348. The number of ether oxygens (including phenoxy) is 1. The summed E-state index contributed by atoms with van der Waals surface area (Å²) in [5.41, 5.74) is 9.63. The summed E-state index contributed by atoms with van der Waals surface area (Å²) in [5.74, 6) is 0.893. The van der Waals surface area contributed by atoms with Gasteiger partial charge in [-0.2, -0.15) is 0 Å². The lowest BCUT2D eigenvalue weighted by atomic mass is 10.1. The van der Waals surface area contributed by atoms with Gasteiger partial charge < -0.3 is 10.5 Å². The Morgan fingerprint density at radius 2 is 1.72 bits per heavy atom. The zero-order valence-electron chi connectivity index (χ0n) is 13.8. The summed E-state index contributed by atoms with van der Waals surface area (Å²) in [6.45, 7) is 4.09. The van der Waals surface area contributed by atoms with Crippen LogP contribution >= 0.6 is 0 Å². The molecule has 1 aromatic heterocycles. The quantitative estimate of drug-likeness (QED) is 0.680. The number of aliphatic imine (C=N–C) groups is 1. The van der Waals surface area contributed by atoms with E-state index in [4.69, 9.17) is 10.5 Å². The molecular formula is C21H19N3O. The lowest BCUT2D eigenvalue weighted by Gasteiger charge is -2.12. The Hall–Kier alpha value is -3.40. The van der Waals surface area contributed by atoms with E-state index in [-0.39, 0.29) is 0 Å². The Bertz CT molecular complexity index is 874. The third-order valence-corrected chi connectivity index (χ3v) is 3.72. The van der Waals surface area contributed by atoms with Crippen molar-refractivity contribution >= 4 is 24.3 Å². The average Bonchev–Trinajstić information content (AvgIpc) is 2.67. The molecule has 0 radical (unpaired) electrons. The third-order valence-electron chi connectivity index (χ3n) is 3.72. The number of anilines is 1. The predicted molar refractivity (Wildman–Crippen MR) is 103 cm³/mol. The van der Waals surface area contributed by atoms with Crippen molar-refractivity contribution in [3.8, 4) is 5.75 Å². The summed E-state index contributed by atoms with van der Waals surface area (Å²) in [6, 6.07) is 21.6. The van der Waals surface area contributed by atoms with E-state index >= 15 is 0 Å². The minimum Gasteiger partial charge on any atom is -0.484 e. The highest BCUT2D eigenvalue weighted by atomic mass is 16.5. The number of nitrogen functional groups attached to an aromatic ring is 1. The Labute approximate surface area is 147 Å². The topological polar surface area (TPSA) is 60.5 Å². The Morgan fingerprint density at radius 1 is 1.04 bits per heavy atom. The van der Waals surface area contributed by atoms with E-state index in [1.165, 1.54) is 0 Å². The molecule has 0 unspecified atom stereocenters. The first kappa shape index (κ1) is 16.5. The number of pyridine rings is 1. The van der Waals surface area contributed by atoms with Gasteiger partial charge in [0.15, 0.2) is 11.6 Å². The SMILES string of the molecule is C=NC(=Cc1ccnc(N)c1OCc1ccccc1)c1ccccc1. The number of hydrogen-bond acceptors (Lipinski definition) is 4. The largest absolute Gasteiger partial charge is 0.484 e. The number of hydrogen-bond donors (Lipinski definition) is 1. The van der Waals surface area contributed by atoms with Crippen molar-refractivity contribution in [1.82, 2.24) is 4.98 Å². The molecule has 0 bridgehead atoms. The molecule has 0 amide bonds. The summed E-state index contributed by atoms with van der Waals surface area (Å²) in [5, 5.41) is 0. The van der Waals surface area contributed by atoms with E-state index in [0.29, 0.717) is 18.2 Å². The molecule has 4 nitrogen and oxygen atoms in total. The van der Waals surface area contributed by atoms with Gasteiger partial charge in [0.1, 0.15) is 6.61 Å². The highest BCUT2D eigenvalue weighted by Crippen LogP contribution is 2.29. The van der Waals surface area contributed by atoms with Crippen molar-refractivity contribution in [2.75, 3.05) is 5.73 Å². The van der Waals surface area contributed by atoms with Gasteiger partial charge in [-0.05, 0) is 24.4 Å². The average molecular weight is 329 g/mol. The summed E-state index contributed by atoms with van der Waals surface area (Å²) < 4.78 is 5.94. The van der Waals surface area contributed by atoms with E-state index in [1.54, 1.807) is 6.20 Å². The highest BCUT2D eigenvalue weighted by Gasteiger charge is 2.09. The fourth-order valence-corrected chi connectivity index (χ4v) is 2.46. The van der Waals surface area contributed by atoms with Gasteiger partial charge in [-0.15, -0.1) is 0 Å². The van der Waals surface area contributed by atoms with E-state index < -0.39 is 0 Å². The van der Waals surface area contributed by atoms with Gasteiger partial charge in [0.05, 0.1) is 5.70 Å². The molecule has 3 aromatic rings. The van der Waals surface area contributed by atoms with Crippen LogP contribution in [0.5, 0.6) is 5.75 Å². The van der Waals surface area contributed by atoms with E-state index in [9.17, 15) is 0 Å². The van der Waals surface area contributed by atoms with Crippen molar-refractivity contribution in [2.24, 2.45) is 4.99 Å². The molecule has 0 atom stereocenters. The van der Waals surface area contributed by atoms with Crippen molar-refractivity contribution in [3.63, 3.8) is 0 Å². The zero-order chi connectivity index (χ0) is 17.5. The van der Waals surface area contributed by atoms with Crippen molar-refractivity contribution < 1.29 is 4.74 Å². The van der Waals surface area contributed by atoms with E-state index in [2.05, 4.69) is 16.7 Å². The molecule has 0 saturated carbocycles. The highest BCUT2D eigenvalue weighted by molar-refractivity contribution is 5.85. The molecule has 124 valence electrons. The van der Waals surface area contributed by atoms with Gasteiger partial charge in [-0.25, -0.2) is 4.98 Å². The van der Waals surface area contributed by atoms with Crippen LogP contribution in [-0.2, 0) is 6.61 Å². The Kier molecular flexibility index (Phi) is 5.22. The zero-order valence-corrected chi connectivity index (χ0v) is 13.8. The van der Waals surface area contributed by atoms with Gasteiger partial charge in [0.25, 0.3) is 0 Å². The van der Waals surface area contributed by atoms with Gasteiger partial charge in [0.2, 0.25) is 0 Å². The predicted octanol–water partition coefficient (Wildman–Crippen LogP) is 4.44. The number of nitrogens with two attached hydrogens (primary N) is 1. The van der Waals surface area contributed by atoms with Crippen LogP contribution in [0, 0.1) is 0 Å². The van der Waals surface area contributed by atoms with Crippen LogP contribution < -0.4 is 10.5 Å². The summed E-state index contributed by atoms with van der Waals surface area (Å²) >= 11 is 0.